The van der Waals surface area contributed by atoms with Crippen molar-refractivity contribution in [3.63, 3.8) is 0 Å². The second-order valence-corrected chi connectivity index (χ2v) is 10.4. The lowest BCUT2D eigenvalue weighted by Crippen LogP contribution is -2.20. The molecule has 0 bridgehead atoms. The minimum atomic E-state index is -0.291. The standard InChI is InChI=1S/C28H31BrN2O3/c1-18(2)20-11-14-25(24(29)15-20)34-17-26(32)30-22-7-6-8-23(16-22)31-27(33)19-9-12-21(13-10-19)28(3,4)5/h6-16,18H,17H2,1-5H3,(H,30,32)(H,31,33). The van der Waals surface area contributed by atoms with Gasteiger partial charge in [0.2, 0.25) is 0 Å². The fourth-order valence-electron chi connectivity index (χ4n) is 3.33. The molecule has 6 heteroatoms. The van der Waals surface area contributed by atoms with Crippen molar-refractivity contribution in [2.75, 3.05) is 17.2 Å². The maximum absolute atomic E-state index is 12.6. The molecule has 2 amide bonds. The van der Waals surface area contributed by atoms with Crippen molar-refractivity contribution < 1.29 is 14.3 Å². The zero-order valence-corrected chi connectivity index (χ0v) is 21.8. The van der Waals surface area contributed by atoms with Crippen molar-refractivity contribution in [2.45, 2.75) is 46.0 Å². The van der Waals surface area contributed by atoms with Crippen molar-refractivity contribution in [3.8, 4) is 5.75 Å². The van der Waals surface area contributed by atoms with E-state index in [1.165, 1.54) is 11.1 Å². The van der Waals surface area contributed by atoms with Gasteiger partial charge in [-0.3, -0.25) is 9.59 Å². The van der Waals surface area contributed by atoms with Crippen LogP contribution in [0.4, 0.5) is 11.4 Å². The number of halogens is 1. The minimum absolute atomic E-state index is 0.0267. The SMILES string of the molecule is CC(C)c1ccc(OCC(=O)Nc2cccc(NC(=O)c3ccc(C(C)(C)C)cc3)c2)c(Br)c1. The molecule has 0 heterocycles. The highest BCUT2D eigenvalue weighted by Gasteiger charge is 2.15. The Balaban J connectivity index is 1.57. The molecular weight excluding hydrogens is 492 g/mol. The van der Waals surface area contributed by atoms with Crippen molar-refractivity contribution >= 4 is 39.1 Å². The molecule has 0 saturated heterocycles. The first-order chi connectivity index (χ1) is 16.0. The summed E-state index contributed by atoms with van der Waals surface area (Å²) < 4.78 is 6.47. The molecule has 0 unspecified atom stereocenters. The number of hydrogen-bond donors (Lipinski definition) is 2. The van der Waals surface area contributed by atoms with E-state index in [2.05, 4.69) is 61.2 Å². The molecule has 0 aliphatic carbocycles. The van der Waals surface area contributed by atoms with E-state index in [4.69, 9.17) is 4.74 Å². The normalized spacial score (nSPS) is 11.3. The molecule has 0 spiro atoms. The fraction of sp³-hybridized carbons (Fsp3) is 0.286. The van der Waals surface area contributed by atoms with E-state index < -0.39 is 0 Å². The van der Waals surface area contributed by atoms with E-state index in [0.717, 1.165) is 4.47 Å². The van der Waals surface area contributed by atoms with Gasteiger partial charge in [-0.2, -0.15) is 0 Å². The van der Waals surface area contributed by atoms with Crippen LogP contribution in [0, 0.1) is 0 Å². The number of carbonyl (C=O) groups excluding carboxylic acids is 2. The van der Waals surface area contributed by atoms with Crippen LogP contribution in [0.3, 0.4) is 0 Å². The fourth-order valence-corrected chi connectivity index (χ4v) is 3.84. The topological polar surface area (TPSA) is 67.4 Å². The molecule has 0 fully saturated rings. The molecule has 3 aromatic rings. The molecule has 0 aromatic heterocycles. The van der Waals surface area contributed by atoms with Crippen LogP contribution in [0.25, 0.3) is 0 Å². The molecule has 0 aliphatic rings. The van der Waals surface area contributed by atoms with Gasteiger partial charge in [0.1, 0.15) is 5.75 Å². The van der Waals surface area contributed by atoms with Crippen molar-refractivity contribution in [3.05, 3.63) is 87.9 Å². The Bertz CT molecular complexity index is 1170. The van der Waals surface area contributed by atoms with E-state index in [-0.39, 0.29) is 23.8 Å². The summed E-state index contributed by atoms with van der Waals surface area (Å²) in [5.74, 6) is 0.519. The number of carbonyl (C=O) groups is 2. The lowest BCUT2D eigenvalue weighted by Gasteiger charge is -2.19. The van der Waals surface area contributed by atoms with Crippen molar-refractivity contribution in [1.82, 2.24) is 0 Å². The summed E-state index contributed by atoms with van der Waals surface area (Å²) in [6.45, 7) is 10.5. The predicted octanol–water partition coefficient (Wildman–Crippen LogP) is 7.14. The van der Waals surface area contributed by atoms with Gasteiger partial charge in [-0.25, -0.2) is 0 Å². The summed E-state index contributed by atoms with van der Waals surface area (Å²) in [6, 6.07) is 20.5. The summed E-state index contributed by atoms with van der Waals surface area (Å²) in [6.07, 6.45) is 0. The molecule has 178 valence electrons. The van der Waals surface area contributed by atoms with Gasteiger partial charge in [-0.15, -0.1) is 0 Å². The monoisotopic (exact) mass is 522 g/mol. The summed E-state index contributed by atoms with van der Waals surface area (Å²) in [5, 5.41) is 5.69. The van der Waals surface area contributed by atoms with E-state index in [1.807, 2.05) is 42.5 Å². The number of rotatable bonds is 7. The summed E-state index contributed by atoms with van der Waals surface area (Å²) >= 11 is 3.50. The van der Waals surface area contributed by atoms with E-state index in [1.54, 1.807) is 24.3 Å². The van der Waals surface area contributed by atoms with Gasteiger partial charge < -0.3 is 15.4 Å². The summed E-state index contributed by atoms with van der Waals surface area (Å²) in [7, 11) is 0. The Morgan fingerprint density at radius 2 is 1.56 bits per heavy atom. The average molecular weight is 523 g/mol. The Hall–Kier alpha value is -3.12. The highest BCUT2D eigenvalue weighted by molar-refractivity contribution is 9.10. The lowest BCUT2D eigenvalue weighted by molar-refractivity contribution is -0.118. The van der Waals surface area contributed by atoms with Crippen LogP contribution in [-0.4, -0.2) is 18.4 Å². The van der Waals surface area contributed by atoms with Crippen LogP contribution >= 0.6 is 15.9 Å². The minimum Gasteiger partial charge on any atom is -0.483 e. The first kappa shape index (κ1) is 25.5. The van der Waals surface area contributed by atoms with Gasteiger partial charge in [0.15, 0.2) is 6.61 Å². The molecule has 0 aliphatic heterocycles. The maximum Gasteiger partial charge on any atom is 0.262 e. The van der Waals surface area contributed by atoms with Crippen LogP contribution in [0.2, 0.25) is 0 Å². The molecule has 2 N–H and O–H groups in total. The first-order valence-corrected chi connectivity index (χ1v) is 12.1. The number of amides is 2. The van der Waals surface area contributed by atoms with Crippen molar-refractivity contribution in [2.24, 2.45) is 0 Å². The van der Waals surface area contributed by atoms with Crippen LogP contribution in [0.1, 0.15) is 62.0 Å². The highest BCUT2D eigenvalue weighted by atomic mass is 79.9. The molecule has 5 nitrogen and oxygen atoms in total. The number of ether oxygens (including phenoxy) is 1. The van der Waals surface area contributed by atoms with Gasteiger partial charge >= 0.3 is 0 Å². The van der Waals surface area contributed by atoms with Crippen LogP contribution in [0.5, 0.6) is 5.75 Å². The molecule has 3 aromatic carbocycles. The van der Waals surface area contributed by atoms with Gasteiger partial charge in [-0.1, -0.05) is 58.9 Å². The van der Waals surface area contributed by atoms with E-state index >= 15 is 0 Å². The molecule has 3 rings (SSSR count). The molecule has 34 heavy (non-hydrogen) atoms. The summed E-state index contributed by atoms with van der Waals surface area (Å²) in [4.78, 5) is 25.0. The molecule has 0 saturated carbocycles. The second kappa shape index (κ2) is 10.9. The van der Waals surface area contributed by atoms with Crippen LogP contribution in [-0.2, 0) is 10.2 Å². The largest absolute Gasteiger partial charge is 0.483 e. The van der Waals surface area contributed by atoms with Gasteiger partial charge in [0.05, 0.1) is 4.47 Å². The second-order valence-electron chi connectivity index (χ2n) is 9.54. The number of anilines is 2. The number of hydrogen-bond acceptors (Lipinski definition) is 3. The van der Waals surface area contributed by atoms with Gasteiger partial charge in [0.25, 0.3) is 11.8 Å². The third-order valence-electron chi connectivity index (χ3n) is 5.40. The molecule has 0 radical (unpaired) electrons. The van der Waals surface area contributed by atoms with Crippen LogP contribution < -0.4 is 15.4 Å². The quantitative estimate of drug-likeness (QED) is 0.346. The Morgan fingerprint density at radius 1 is 0.912 bits per heavy atom. The summed E-state index contributed by atoms with van der Waals surface area (Å²) in [5.41, 5.74) is 4.12. The predicted molar refractivity (Wildman–Crippen MR) is 142 cm³/mol. The molecular formula is C28H31BrN2O3. The van der Waals surface area contributed by atoms with Crippen molar-refractivity contribution in [1.29, 1.82) is 0 Å². The third kappa shape index (κ3) is 6.94. The van der Waals surface area contributed by atoms with Gasteiger partial charge in [0, 0.05) is 16.9 Å². The zero-order chi connectivity index (χ0) is 24.9. The lowest BCUT2D eigenvalue weighted by atomic mass is 9.87. The molecule has 0 atom stereocenters. The Morgan fingerprint density at radius 3 is 2.15 bits per heavy atom. The number of nitrogens with one attached hydrogen (secondary N) is 2. The smallest absolute Gasteiger partial charge is 0.262 e. The Labute approximate surface area is 210 Å². The highest BCUT2D eigenvalue weighted by Crippen LogP contribution is 2.29. The third-order valence-corrected chi connectivity index (χ3v) is 6.02. The zero-order valence-electron chi connectivity index (χ0n) is 20.2. The van der Waals surface area contributed by atoms with Crippen LogP contribution in [0.15, 0.2) is 71.2 Å². The van der Waals surface area contributed by atoms with E-state index in [9.17, 15) is 9.59 Å². The van der Waals surface area contributed by atoms with E-state index in [0.29, 0.717) is 28.6 Å². The van der Waals surface area contributed by atoms with Gasteiger partial charge in [-0.05, 0) is 80.9 Å². The average Bonchev–Trinajstić information content (AvgIpc) is 2.78. The Kier molecular flexibility index (Phi) is 8.15. The first-order valence-electron chi connectivity index (χ1n) is 11.3. The maximum atomic E-state index is 12.6. The number of benzene rings is 3.